The lowest BCUT2D eigenvalue weighted by Gasteiger charge is -2.16. The highest BCUT2D eigenvalue weighted by molar-refractivity contribution is 5.85. The number of likely N-dealkylation sites (tertiary alicyclic amines) is 1. The minimum absolute atomic E-state index is 0.0933. The van der Waals surface area contributed by atoms with Gasteiger partial charge in [0.15, 0.2) is 5.65 Å². The summed E-state index contributed by atoms with van der Waals surface area (Å²) in [6.07, 6.45) is -0.926. The van der Waals surface area contributed by atoms with Crippen molar-refractivity contribution in [3.05, 3.63) is 76.4 Å². The highest BCUT2D eigenvalue weighted by atomic mass is 19.4. The van der Waals surface area contributed by atoms with E-state index in [0.717, 1.165) is 12.1 Å². The number of nitrogens with zero attached hydrogens (tertiary/aromatic N) is 6. The van der Waals surface area contributed by atoms with Crippen LogP contribution in [0.5, 0.6) is 0 Å². The summed E-state index contributed by atoms with van der Waals surface area (Å²) in [7, 11) is 1.64. The summed E-state index contributed by atoms with van der Waals surface area (Å²) < 4.78 is 43.5. The van der Waals surface area contributed by atoms with Crippen LogP contribution in [0.1, 0.15) is 34.3 Å². The molecule has 0 spiro atoms. The number of carboxylic acid groups (broad SMARTS) is 1. The molecule has 4 heterocycles. The number of pyridine rings is 1. The van der Waals surface area contributed by atoms with Crippen LogP contribution < -0.4 is 5.69 Å². The minimum Gasteiger partial charge on any atom is -0.477 e. The lowest BCUT2D eigenvalue weighted by atomic mass is 10.2. The summed E-state index contributed by atoms with van der Waals surface area (Å²) in [5.41, 5.74) is 0.207. The molecule has 35 heavy (non-hydrogen) atoms. The normalized spacial score (nSPS) is 16.9. The topological polar surface area (TPSA) is 98.2 Å². The molecule has 0 bridgehead atoms. The first-order chi connectivity index (χ1) is 16.6. The molecule has 1 aromatic carbocycles. The van der Waals surface area contributed by atoms with E-state index in [0.29, 0.717) is 48.7 Å². The molecule has 9 nitrogen and oxygen atoms in total. The molecule has 1 fully saturated rings. The fourth-order valence-corrected chi connectivity index (χ4v) is 4.59. The van der Waals surface area contributed by atoms with Gasteiger partial charge in [0.05, 0.1) is 35.6 Å². The van der Waals surface area contributed by atoms with Crippen LogP contribution in [0, 0.1) is 0 Å². The summed E-state index contributed by atoms with van der Waals surface area (Å²) in [5, 5.41) is 9.24. The quantitative estimate of drug-likeness (QED) is 0.466. The molecule has 1 atom stereocenters. The first kappa shape index (κ1) is 22.8. The standard InChI is InChI=1S/C23H21F3N6O3/c1-29-18(21(33)34)11-28-19(29)13-30-10-8-16(12-30)32-20-17(3-2-9-27-20)31(22(32)35)15-6-4-14(5-7-15)23(24,25)26/h2-7,9,11,16H,8,10,12-13H2,1H3,(H,33,34). The molecule has 0 radical (unpaired) electrons. The van der Waals surface area contributed by atoms with Crippen LogP contribution in [0.2, 0.25) is 0 Å². The highest BCUT2D eigenvalue weighted by Crippen LogP contribution is 2.30. The van der Waals surface area contributed by atoms with Crippen LogP contribution in [0.15, 0.2) is 53.6 Å². The average molecular weight is 486 g/mol. The van der Waals surface area contributed by atoms with Crippen LogP contribution >= 0.6 is 0 Å². The molecule has 1 aliphatic rings. The smallest absolute Gasteiger partial charge is 0.416 e. The molecule has 12 heteroatoms. The van der Waals surface area contributed by atoms with Crippen LogP contribution in [0.4, 0.5) is 13.2 Å². The summed E-state index contributed by atoms with van der Waals surface area (Å²) in [6.45, 7) is 1.59. The Morgan fingerprint density at radius 3 is 2.57 bits per heavy atom. The number of benzene rings is 1. The van der Waals surface area contributed by atoms with Gasteiger partial charge in [0.2, 0.25) is 0 Å². The Kier molecular flexibility index (Phi) is 5.47. The summed E-state index contributed by atoms with van der Waals surface area (Å²) in [6, 6.07) is 7.65. The molecule has 0 saturated carbocycles. The number of imidazole rings is 2. The number of hydrogen-bond acceptors (Lipinski definition) is 5. The molecule has 3 aromatic heterocycles. The number of fused-ring (bicyclic) bond motifs is 1. The van der Waals surface area contributed by atoms with Crippen molar-refractivity contribution < 1.29 is 23.1 Å². The number of aromatic nitrogens is 5. The maximum absolute atomic E-state index is 13.5. The Labute approximate surface area is 196 Å². The molecular weight excluding hydrogens is 465 g/mol. The highest BCUT2D eigenvalue weighted by Gasteiger charge is 2.32. The minimum atomic E-state index is -4.47. The first-order valence-electron chi connectivity index (χ1n) is 10.9. The van der Waals surface area contributed by atoms with E-state index in [2.05, 4.69) is 14.9 Å². The van der Waals surface area contributed by atoms with Gasteiger partial charge in [-0.05, 0) is 42.8 Å². The number of hydrogen-bond donors (Lipinski definition) is 1. The molecule has 1 N–H and O–H groups in total. The van der Waals surface area contributed by atoms with Crippen molar-refractivity contribution in [2.75, 3.05) is 13.1 Å². The van der Waals surface area contributed by atoms with E-state index in [1.165, 1.54) is 27.5 Å². The second kappa shape index (κ2) is 8.38. The van der Waals surface area contributed by atoms with Gasteiger partial charge < -0.3 is 9.67 Å². The lowest BCUT2D eigenvalue weighted by Crippen LogP contribution is -2.29. The third kappa shape index (κ3) is 3.99. The maximum atomic E-state index is 13.5. The van der Waals surface area contributed by atoms with Crippen molar-refractivity contribution in [1.82, 2.24) is 28.6 Å². The van der Waals surface area contributed by atoms with Gasteiger partial charge in [-0.15, -0.1) is 0 Å². The zero-order valence-corrected chi connectivity index (χ0v) is 18.6. The number of rotatable bonds is 5. The average Bonchev–Trinajstić information content (AvgIpc) is 3.49. The second-order valence-electron chi connectivity index (χ2n) is 8.48. The van der Waals surface area contributed by atoms with Crippen molar-refractivity contribution in [1.29, 1.82) is 0 Å². The predicted molar refractivity (Wildman–Crippen MR) is 119 cm³/mol. The van der Waals surface area contributed by atoms with Crippen molar-refractivity contribution in [2.45, 2.75) is 25.2 Å². The molecule has 0 aliphatic carbocycles. The number of carbonyl (C=O) groups is 1. The fraction of sp³-hybridized carbons (Fsp3) is 0.304. The Balaban J connectivity index is 1.46. The Hall–Kier alpha value is -3.93. The largest absolute Gasteiger partial charge is 0.477 e. The number of carboxylic acids is 1. The van der Waals surface area contributed by atoms with Crippen LogP contribution in [-0.2, 0) is 19.8 Å². The molecule has 1 saturated heterocycles. The number of halogens is 3. The Bertz CT molecular complexity index is 1470. The van der Waals surface area contributed by atoms with Crippen LogP contribution in [-0.4, -0.2) is 52.7 Å². The third-order valence-electron chi connectivity index (χ3n) is 6.37. The van der Waals surface area contributed by atoms with Gasteiger partial charge in [-0.25, -0.2) is 19.6 Å². The van der Waals surface area contributed by atoms with Crippen molar-refractivity contribution in [3.63, 3.8) is 0 Å². The molecule has 1 unspecified atom stereocenters. The lowest BCUT2D eigenvalue weighted by molar-refractivity contribution is -0.137. The van der Waals surface area contributed by atoms with Crippen molar-refractivity contribution in [3.8, 4) is 5.69 Å². The van der Waals surface area contributed by atoms with Gasteiger partial charge >= 0.3 is 17.8 Å². The summed E-state index contributed by atoms with van der Waals surface area (Å²) >= 11 is 0. The zero-order valence-electron chi connectivity index (χ0n) is 18.6. The van der Waals surface area contributed by atoms with Gasteiger partial charge in [0.25, 0.3) is 0 Å². The van der Waals surface area contributed by atoms with E-state index in [-0.39, 0.29) is 17.4 Å². The van der Waals surface area contributed by atoms with Crippen molar-refractivity contribution >= 4 is 17.1 Å². The van der Waals surface area contributed by atoms with Gasteiger partial charge in [0, 0.05) is 26.3 Å². The van der Waals surface area contributed by atoms with Crippen LogP contribution in [0.3, 0.4) is 0 Å². The van der Waals surface area contributed by atoms with E-state index in [1.54, 1.807) is 29.9 Å². The predicted octanol–water partition coefficient (Wildman–Crippen LogP) is 3.08. The molecule has 0 amide bonds. The summed E-state index contributed by atoms with van der Waals surface area (Å²) in [5.74, 6) is -0.458. The molecular formula is C23H21F3N6O3. The Morgan fingerprint density at radius 2 is 1.91 bits per heavy atom. The van der Waals surface area contributed by atoms with E-state index in [4.69, 9.17) is 0 Å². The first-order valence-corrected chi connectivity index (χ1v) is 10.9. The Morgan fingerprint density at radius 1 is 1.17 bits per heavy atom. The van der Waals surface area contributed by atoms with Gasteiger partial charge in [-0.3, -0.25) is 14.0 Å². The maximum Gasteiger partial charge on any atom is 0.416 e. The molecule has 4 aromatic rings. The van der Waals surface area contributed by atoms with Gasteiger partial charge in [0.1, 0.15) is 11.5 Å². The second-order valence-corrected chi connectivity index (χ2v) is 8.48. The zero-order chi connectivity index (χ0) is 24.9. The van der Waals surface area contributed by atoms with E-state index >= 15 is 0 Å². The van der Waals surface area contributed by atoms with Crippen molar-refractivity contribution in [2.24, 2.45) is 7.05 Å². The van der Waals surface area contributed by atoms with E-state index in [9.17, 15) is 27.9 Å². The van der Waals surface area contributed by atoms with E-state index in [1.807, 2.05) is 0 Å². The van der Waals surface area contributed by atoms with Gasteiger partial charge in [-0.2, -0.15) is 13.2 Å². The number of aromatic carboxylic acids is 1. The number of alkyl halides is 3. The van der Waals surface area contributed by atoms with Gasteiger partial charge in [-0.1, -0.05) is 0 Å². The van der Waals surface area contributed by atoms with Crippen LogP contribution in [0.25, 0.3) is 16.9 Å². The SMILES string of the molecule is Cn1c(C(=O)O)cnc1CN1CCC(n2c(=O)n(-c3ccc(C(F)(F)F)cc3)c3cccnc32)C1. The monoisotopic (exact) mass is 486 g/mol. The third-order valence-corrected chi connectivity index (χ3v) is 6.37. The fourth-order valence-electron chi connectivity index (χ4n) is 4.59. The molecule has 1 aliphatic heterocycles. The molecule has 182 valence electrons. The molecule has 5 rings (SSSR count). The summed E-state index contributed by atoms with van der Waals surface area (Å²) in [4.78, 5) is 35.5. The van der Waals surface area contributed by atoms with E-state index < -0.39 is 17.7 Å².